The van der Waals surface area contributed by atoms with Crippen LogP contribution in [0.4, 0.5) is 5.82 Å². The van der Waals surface area contributed by atoms with Crippen LogP contribution in [0, 0.1) is 23.0 Å². The highest BCUT2D eigenvalue weighted by atomic mass is 16.6. The highest BCUT2D eigenvalue weighted by Crippen LogP contribution is 2.17. The summed E-state index contributed by atoms with van der Waals surface area (Å²) >= 11 is 0. The molecule has 1 saturated heterocycles. The van der Waals surface area contributed by atoms with Crippen molar-refractivity contribution in [1.29, 1.82) is 0 Å². The van der Waals surface area contributed by atoms with Crippen molar-refractivity contribution in [2.45, 2.75) is 26.3 Å². The molecule has 1 aromatic heterocycles. The number of aromatic nitrogens is 2. The molecule has 1 aliphatic rings. The van der Waals surface area contributed by atoms with E-state index in [1.807, 2.05) is 0 Å². The Morgan fingerprint density at radius 3 is 2.57 bits per heavy atom. The fourth-order valence-corrected chi connectivity index (χ4v) is 2.38. The van der Waals surface area contributed by atoms with Crippen LogP contribution in [0.2, 0.25) is 0 Å². The molecule has 1 fully saturated rings. The van der Waals surface area contributed by atoms with Crippen LogP contribution in [0.1, 0.15) is 18.5 Å². The van der Waals surface area contributed by atoms with Gasteiger partial charge in [-0.1, -0.05) is 0 Å². The Morgan fingerprint density at radius 1 is 1.48 bits per heavy atom. The van der Waals surface area contributed by atoms with E-state index in [1.54, 1.807) is 11.8 Å². The number of amides is 2. The maximum atomic E-state index is 12.2. The van der Waals surface area contributed by atoms with Gasteiger partial charge in [-0.25, -0.2) is 0 Å². The standard InChI is InChI=1S/C12H17N5O4/c1-8-6-10(17(20)21)14-16(8)7-11(18)15-4-2-9(3-5-15)12(13)19/h6,9H,2-5,7H2,1H3,(H2,13,19). The van der Waals surface area contributed by atoms with Crippen molar-refractivity contribution in [1.82, 2.24) is 14.7 Å². The van der Waals surface area contributed by atoms with Gasteiger partial charge in [-0.3, -0.25) is 9.59 Å². The summed E-state index contributed by atoms with van der Waals surface area (Å²) < 4.78 is 1.32. The number of nitrogens with zero attached hydrogens (tertiary/aromatic N) is 4. The van der Waals surface area contributed by atoms with E-state index in [9.17, 15) is 19.7 Å². The summed E-state index contributed by atoms with van der Waals surface area (Å²) in [7, 11) is 0. The molecule has 2 N–H and O–H groups in total. The molecule has 2 amide bonds. The summed E-state index contributed by atoms with van der Waals surface area (Å²) in [6, 6.07) is 1.33. The number of hydrogen-bond donors (Lipinski definition) is 1. The van der Waals surface area contributed by atoms with Gasteiger partial charge in [0, 0.05) is 19.0 Å². The van der Waals surface area contributed by atoms with E-state index in [2.05, 4.69) is 5.10 Å². The van der Waals surface area contributed by atoms with Crippen LogP contribution in [-0.2, 0) is 16.1 Å². The lowest BCUT2D eigenvalue weighted by Crippen LogP contribution is -2.43. The second-order valence-corrected chi connectivity index (χ2v) is 5.12. The molecular formula is C12H17N5O4. The fourth-order valence-electron chi connectivity index (χ4n) is 2.38. The van der Waals surface area contributed by atoms with Gasteiger partial charge in [0.25, 0.3) is 0 Å². The van der Waals surface area contributed by atoms with Crippen molar-refractivity contribution in [2.75, 3.05) is 13.1 Å². The topological polar surface area (TPSA) is 124 Å². The van der Waals surface area contributed by atoms with Crippen LogP contribution < -0.4 is 5.73 Å². The molecule has 9 nitrogen and oxygen atoms in total. The third kappa shape index (κ3) is 3.36. The zero-order valence-corrected chi connectivity index (χ0v) is 11.7. The Bertz CT molecular complexity index is 574. The number of likely N-dealkylation sites (tertiary alicyclic amines) is 1. The minimum absolute atomic E-state index is 0.0408. The van der Waals surface area contributed by atoms with Gasteiger partial charge < -0.3 is 20.7 Å². The van der Waals surface area contributed by atoms with E-state index in [-0.39, 0.29) is 30.1 Å². The number of carbonyl (C=O) groups is 2. The lowest BCUT2D eigenvalue weighted by molar-refractivity contribution is -0.389. The average Bonchev–Trinajstić information content (AvgIpc) is 2.80. The predicted molar refractivity (Wildman–Crippen MR) is 72.1 cm³/mol. The van der Waals surface area contributed by atoms with Gasteiger partial charge in [-0.2, -0.15) is 4.68 Å². The van der Waals surface area contributed by atoms with Gasteiger partial charge in [0.15, 0.2) is 0 Å². The Balaban J connectivity index is 1.96. The Morgan fingerprint density at radius 2 is 2.10 bits per heavy atom. The molecule has 0 atom stereocenters. The molecule has 0 unspecified atom stereocenters. The monoisotopic (exact) mass is 295 g/mol. The number of piperidine rings is 1. The zero-order chi connectivity index (χ0) is 15.6. The maximum absolute atomic E-state index is 12.2. The van der Waals surface area contributed by atoms with Crippen LogP contribution in [0.5, 0.6) is 0 Å². The predicted octanol–water partition coefficient (Wildman–Crippen LogP) is -0.176. The summed E-state index contributed by atoms with van der Waals surface area (Å²) in [5, 5.41) is 14.4. The molecule has 0 radical (unpaired) electrons. The van der Waals surface area contributed by atoms with Gasteiger partial charge in [-0.15, -0.1) is 0 Å². The van der Waals surface area contributed by atoms with Crippen molar-refractivity contribution in [3.8, 4) is 0 Å². The molecule has 9 heteroatoms. The Labute approximate surface area is 120 Å². The normalized spacial score (nSPS) is 16.0. The highest BCUT2D eigenvalue weighted by molar-refractivity contribution is 5.78. The first-order valence-electron chi connectivity index (χ1n) is 6.64. The summed E-state index contributed by atoms with van der Waals surface area (Å²) in [6.07, 6.45) is 1.11. The van der Waals surface area contributed by atoms with E-state index < -0.39 is 4.92 Å². The molecule has 21 heavy (non-hydrogen) atoms. The summed E-state index contributed by atoms with van der Waals surface area (Å²) in [4.78, 5) is 34.9. The molecule has 0 bridgehead atoms. The lowest BCUT2D eigenvalue weighted by atomic mass is 9.96. The average molecular weight is 295 g/mol. The van der Waals surface area contributed by atoms with E-state index in [1.165, 1.54) is 10.7 Å². The van der Waals surface area contributed by atoms with Crippen molar-refractivity contribution in [3.63, 3.8) is 0 Å². The Hall–Kier alpha value is -2.45. The summed E-state index contributed by atoms with van der Waals surface area (Å²) in [5.41, 5.74) is 5.80. The zero-order valence-electron chi connectivity index (χ0n) is 11.7. The molecule has 0 spiro atoms. The molecule has 1 aliphatic heterocycles. The quantitative estimate of drug-likeness (QED) is 0.609. The number of aryl methyl sites for hydroxylation is 1. The third-order valence-electron chi connectivity index (χ3n) is 3.69. The van der Waals surface area contributed by atoms with E-state index in [4.69, 9.17) is 5.73 Å². The van der Waals surface area contributed by atoms with Gasteiger partial charge >= 0.3 is 5.82 Å². The third-order valence-corrected chi connectivity index (χ3v) is 3.69. The molecular weight excluding hydrogens is 278 g/mol. The number of nitro groups is 1. The van der Waals surface area contributed by atoms with Crippen LogP contribution in [0.25, 0.3) is 0 Å². The van der Waals surface area contributed by atoms with Crippen LogP contribution >= 0.6 is 0 Å². The lowest BCUT2D eigenvalue weighted by Gasteiger charge is -2.30. The van der Waals surface area contributed by atoms with Crippen LogP contribution in [-0.4, -0.2) is 44.5 Å². The summed E-state index contributed by atoms with van der Waals surface area (Å²) in [5.74, 6) is -0.950. The molecule has 0 aliphatic carbocycles. The number of carbonyl (C=O) groups excluding carboxylic acids is 2. The van der Waals surface area contributed by atoms with Gasteiger partial charge in [0.05, 0.1) is 16.9 Å². The van der Waals surface area contributed by atoms with E-state index in [0.717, 1.165) is 0 Å². The minimum Gasteiger partial charge on any atom is -0.369 e. The van der Waals surface area contributed by atoms with E-state index in [0.29, 0.717) is 31.6 Å². The number of nitrogens with two attached hydrogens (primary N) is 1. The van der Waals surface area contributed by atoms with Gasteiger partial charge in [-0.05, 0) is 24.7 Å². The van der Waals surface area contributed by atoms with Gasteiger partial charge in [0.2, 0.25) is 11.8 Å². The van der Waals surface area contributed by atoms with Gasteiger partial charge in [0.1, 0.15) is 6.54 Å². The van der Waals surface area contributed by atoms with Crippen LogP contribution in [0.3, 0.4) is 0 Å². The summed E-state index contributed by atoms with van der Waals surface area (Å²) in [6.45, 7) is 2.55. The number of hydrogen-bond acceptors (Lipinski definition) is 5. The Kier molecular flexibility index (Phi) is 4.20. The first-order valence-corrected chi connectivity index (χ1v) is 6.64. The van der Waals surface area contributed by atoms with Crippen molar-refractivity contribution >= 4 is 17.6 Å². The van der Waals surface area contributed by atoms with Crippen LogP contribution in [0.15, 0.2) is 6.07 Å². The molecule has 2 rings (SSSR count). The highest BCUT2D eigenvalue weighted by Gasteiger charge is 2.27. The smallest absolute Gasteiger partial charge is 0.369 e. The molecule has 1 aromatic rings. The number of primary amides is 1. The molecule has 0 aromatic carbocycles. The van der Waals surface area contributed by atoms with E-state index >= 15 is 0 Å². The second kappa shape index (κ2) is 5.90. The minimum atomic E-state index is -0.591. The largest absolute Gasteiger partial charge is 0.390 e. The van der Waals surface area contributed by atoms with Crippen molar-refractivity contribution in [2.24, 2.45) is 11.7 Å². The maximum Gasteiger partial charge on any atom is 0.390 e. The van der Waals surface area contributed by atoms with Crippen molar-refractivity contribution < 1.29 is 14.5 Å². The fraction of sp³-hybridized carbons (Fsp3) is 0.583. The first kappa shape index (κ1) is 14.9. The SMILES string of the molecule is Cc1cc([N+](=O)[O-])nn1CC(=O)N1CCC(C(N)=O)CC1. The molecule has 114 valence electrons. The van der Waals surface area contributed by atoms with Crippen molar-refractivity contribution in [3.05, 3.63) is 21.9 Å². The second-order valence-electron chi connectivity index (χ2n) is 5.12. The number of rotatable bonds is 4. The molecule has 0 saturated carbocycles. The first-order chi connectivity index (χ1) is 9.88. The molecule has 2 heterocycles.